The lowest BCUT2D eigenvalue weighted by Crippen LogP contribution is -2.26. The van der Waals surface area contributed by atoms with E-state index in [9.17, 15) is 0 Å². The van der Waals surface area contributed by atoms with E-state index < -0.39 is 9.28 Å². The van der Waals surface area contributed by atoms with Crippen LogP contribution in [0.25, 0.3) is 0 Å². The van der Waals surface area contributed by atoms with Crippen LogP contribution >= 0.6 is 11.6 Å². The van der Waals surface area contributed by atoms with Gasteiger partial charge >= 0.3 is 9.28 Å². The zero-order valence-electron chi connectivity index (χ0n) is 9.20. The van der Waals surface area contributed by atoms with Gasteiger partial charge in [0, 0.05) is 24.3 Å². The molecule has 0 spiro atoms. The predicted molar refractivity (Wildman–Crippen MR) is 65.6 cm³/mol. The van der Waals surface area contributed by atoms with Crippen molar-refractivity contribution in [2.75, 3.05) is 13.2 Å². The van der Waals surface area contributed by atoms with E-state index in [1.807, 2.05) is 32.0 Å². The standard InChI is InChI=1S/C11H17ClO2Si/c1-3-13-15(14-4-2)9-10-6-5-7-11(12)8-10/h5-8,15H,3-4,9H2,1-2H3. The second-order valence-electron chi connectivity index (χ2n) is 3.17. The first-order valence-corrected chi connectivity index (χ1v) is 7.37. The van der Waals surface area contributed by atoms with Crippen molar-refractivity contribution < 1.29 is 8.85 Å². The zero-order chi connectivity index (χ0) is 11.1. The molecule has 0 bridgehead atoms. The van der Waals surface area contributed by atoms with Crippen molar-refractivity contribution in [2.45, 2.75) is 19.9 Å². The Morgan fingerprint density at radius 2 is 1.87 bits per heavy atom. The SMILES string of the molecule is CCO[SiH](Cc1cccc(Cl)c1)OCC. The molecule has 0 saturated carbocycles. The van der Waals surface area contributed by atoms with Crippen LogP contribution in [-0.2, 0) is 14.9 Å². The third-order valence-electron chi connectivity index (χ3n) is 2.00. The summed E-state index contributed by atoms with van der Waals surface area (Å²) in [5.74, 6) is 0. The van der Waals surface area contributed by atoms with Crippen molar-refractivity contribution in [3.8, 4) is 0 Å². The van der Waals surface area contributed by atoms with Crippen molar-refractivity contribution >= 4 is 20.9 Å². The van der Waals surface area contributed by atoms with Gasteiger partial charge in [0.15, 0.2) is 0 Å². The number of halogens is 1. The summed E-state index contributed by atoms with van der Waals surface area (Å²) in [5.41, 5.74) is 1.20. The van der Waals surface area contributed by atoms with E-state index in [-0.39, 0.29) is 0 Å². The fraction of sp³-hybridized carbons (Fsp3) is 0.455. The van der Waals surface area contributed by atoms with Crippen molar-refractivity contribution in [1.82, 2.24) is 0 Å². The quantitative estimate of drug-likeness (QED) is 0.717. The molecule has 0 unspecified atom stereocenters. The third-order valence-corrected chi connectivity index (χ3v) is 4.45. The minimum atomic E-state index is -1.54. The molecule has 1 rings (SSSR count). The molecular weight excluding hydrogens is 228 g/mol. The van der Waals surface area contributed by atoms with Crippen molar-refractivity contribution in [1.29, 1.82) is 0 Å². The van der Waals surface area contributed by atoms with Crippen molar-refractivity contribution in [3.05, 3.63) is 34.9 Å². The molecule has 84 valence electrons. The Kier molecular flexibility index (Phi) is 5.94. The lowest BCUT2D eigenvalue weighted by molar-refractivity contribution is 0.213. The highest BCUT2D eigenvalue weighted by Crippen LogP contribution is 2.12. The molecule has 0 saturated heterocycles. The Labute approximate surface area is 98.0 Å². The molecule has 0 amide bonds. The Morgan fingerprint density at radius 1 is 1.20 bits per heavy atom. The fourth-order valence-corrected chi connectivity index (χ4v) is 3.32. The fourth-order valence-electron chi connectivity index (χ4n) is 1.39. The Bertz CT molecular complexity index is 288. The second-order valence-corrected chi connectivity index (χ2v) is 5.54. The van der Waals surface area contributed by atoms with Gasteiger partial charge in [0.1, 0.15) is 0 Å². The van der Waals surface area contributed by atoms with Gasteiger partial charge in [-0.3, -0.25) is 0 Å². The van der Waals surface area contributed by atoms with Gasteiger partial charge in [0.25, 0.3) is 0 Å². The molecule has 0 fully saturated rings. The van der Waals surface area contributed by atoms with Crippen molar-refractivity contribution in [2.24, 2.45) is 0 Å². The van der Waals surface area contributed by atoms with Gasteiger partial charge in [0.2, 0.25) is 0 Å². The van der Waals surface area contributed by atoms with Crippen LogP contribution in [0.4, 0.5) is 0 Å². The Hall–Kier alpha value is -0.353. The molecule has 1 aromatic rings. The van der Waals surface area contributed by atoms with E-state index >= 15 is 0 Å². The van der Waals surface area contributed by atoms with E-state index in [1.54, 1.807) is 0 Å². The van der Waals surface area contributed by atoms with E-state index in [4.69, 9.17) is 20.5 Å². The van der Waals surface area contributed by atoms with Crippen LogP contribution in [0.3, 0.4) is 0 Å². The molecule has 0 aliphatic carbocycles. The average Bonchev–Trinajstić information content (AvgIpc) is 2.18. The van der Waals surface area contributed by atoms with Crippen LogP contribution in [0.2, 0.25) is 5.02 Å². The van der Waals surface area contributed by atoms with Gasteiger partial charge in [-0.2, -0.15) is 0 Å². The van der Waals surface area contributed by atoms with Gasteiger partial charge in [0.05, 0.1) is 0 Å². The van der Waals surface area contributed by atoms with Gasteiger partial charge < -0.3 is 8.85 Å². The molecule has 0 aliphatic rings. The monoisotopic (exact) mass is 244 g/mol. The first-order valence-electron chi connectivity index (χ1n) is 5.24. The maximum Gasteiger partial charge on any atom is 0.325 e. The van der Waals surface area contributed by atoms with Crippen LogP contribution in [0.15, 0.2) is 24.3 Å². The number of rotatable bonds is 6. The van der Waals surface area contributed by atoms with Crippen LogP contribution in [0.1, 0.15) is 19.4 Å². The van der Waals surface area contributed by atoms with Crippen LogP contribution in [0, 0.1) is 0 Å². The molecular formula is C11H17ClO2Si. The molecule has 0 N–H and O–H groups in total. The lowest BCUT2D eigenvalue weighted by Gasteiger charge is -2.14. The third kappa shape index (κ3) is 4.80. The van der Waals surface area contributed by atoms with Crippen molar-refractivity contribution in [3.63, 3.8) is 0 Å². The summed E-state index contributed by atoms with van der Waals surface area (Å²) in [4.78, 5) is 0. The van der Waals surface area contributed by atoms with Crippen LogP contribution in [0.5, 0.6) is 0 Å². The first kappa shape index (κ1) is 12.7. The maximum atomic E-state index is 5.92. The molecule has 2 nitrogen and oxygen atoms in total. The number of hydrogen-bond acceptors (Lipinski definition) is 2. The van der Waals surface area contributed by atoms with Gasteiger partial charge in [-0.25, -0.2) is 0 Å². The molecule has 0 atom stereocenters. The zero-order valence-corrected chi connectivity index (χ0v) is 11.1. The van der Waals surface area contributed by atoms with E-state index in [0.29, 0.717) is 0 Å². The highest BCUT2D eigenvalue weighted by molar-refractivity contribution is 6.43. The summed E-state index contributed by atoms with van der Waals surface area (Å²) < 4.78 is 11.2. The van der Waals surface area contributed by atoms with Gasteiger partial charge in [-0.1, -0.05) is 23.7 Å². The number of benzene rings is 1. The van der Waals surface area contributed by atoms with Crippen LogP contribution in [-0.4, -0.2) is 22.5 Å². The average molecular weight is 245 g/mol. The molecule has 0 radical (unpaired) electrons. The summed E-state index contributed by atoms with van der Waals surface area (Å²) in [6.07, 6.45) is 0. The molecule has 0 aliphatic heterocycles. The Balaban J connectivity index is 2.56. The summed E-state index contributed by atoms with van der Waals surface area (Å²) in [7, 11) is -1.54. The molecule has 0 heterocycles. The van der Waals surface area contributed by atoms with Gasteiger partial charge in [-0.15, -0.1) is 0 Å². The summed E-state index contributed by atoms with van der Waals surface area (Å²) >= 11 is 5.92. The Morgan fingerprint density at radius 3 is 2.40 bits per heavy atom. The lowest BCUT2D eigenvalue weighted by atomic mass is 10.2. The largest absolute Gasteiger partial charge is 0.397 e. The minimum Gasteiger partial charge on any atom is -0.397 e. The highest BCUT2D eigenvalue weighted by atomic mass is 35.5. The highest BCUT2D eigenvalue weighted by Gasteiger charge is 2.12. The predicted octanol–water partition coefficient (Wildman–Crippen LogP) is 2.72. The van der Waals surface area contributed by atoms with E-state index in [2.05, 4.69) is 6.07 Å². The smallest absolute Gasteiger partial charge is 0.325 e. The molecule has 0 aromatic heterocycles. The van der Waals surface area contributed by atoms with E-state index in [0.717, 1.165) is 24.3 Å². The second kappa shape index (κ2) is 7.01. The molecule has 1 aromatic carbocycles. The summed E-state index contributed by atoms with van der Waals surface area (Å²) in [6.45, 7) is 5.43. The first-order chi connectivity index (χ1) is 7.26. The minimum absolute atomic E-state index is 0.720. The van der Waals surface area contributed by atoms with Gasteiger partial charge in [-0.05, 0) is 31.5 Å². The van der Waals surface area contributed by atoms with E-state index in [1.165, 1.54) is 5.56 Å². The summed E-state index contributed by atoms with van der Waals surface area (Å²) in [5, 5.41) is 0.772. The molecule has 4 heteroatoms. The molecule has 15 heavy (non-hydrogen) atoms. The summed E-state index contributed by atoms with van der Waals surface area (Å²) in [6, 6.07) is 8.75. The topological polar surface area (TPSA) is 18.5 Å². The number of hydrogen-bond donors (Lipinski definition) is 0. The maximum absolute atomic E-state index is 5.92. The van der Waals surface area contributed by atoms with Crippen LogP contribution < -0.4 is 0 Å². The normalized spacial score (nSPS) is 10.9.